The van der Waals surface area contributed by atoms with E-state index in [1.807, 2.05) is 30.3 Å². The minimum atomic E-state index is -0.691. The Bertz CT molecular complexity index is 766. The van der Waals surface area contributed by atoms with Crippen LogP contribution in [0.25, 0.3) is 0 Å². The standard InChI is InChI=1S/C19H21N3O4S/c20-19(25)22-15-9-7-14(8-10-15)18(24)26-13-17(23)21-11-4-12-27-16-5-2-1-3-6-16/h1-3,5-10H,4,11-13H2,(H,21,23)(H3,20,22,25). The molecular weight excluding hydrogens is 366 g/mol. The summed E-state index contributed by atoms with van der Waals surface area (Å²) in [7, 11) is 0. The smallest absolute Gasteiger partial charge is 0.338 e. The number of nitrogens with two attached hydrogens (primary N) is 1. The molecule has 0 aliphatic rings. The number of carbonyl (C=O) groups excluding carboxylic acids is 3. The third kappa shape index (κ3) is 7.83. The summed E-state index contributed by atoms with van der Waals surface area (Å²) in [5, 5.41) is 5.10. The van der Waals surface area contributed by atoms with Gasteiger partial charge in [0.2, 0.25) is 0 Å². The molecule has 0 radical (unpaired) electrons. The van der Waals surface area contributed by atoms with Crippen molar-refractivity contribution in [1.29, 1.82) is 0 Å². The lowest BCUT2D eigenvalue weighted by atomic mass is 10.2. The van der Waals surface area contributed by atoms with Crippen molar-refractivity contribution in [2.75, 3.05) is 24.2 Å². The minimum Gasteiger partial charge on any atom is -0.452 e. The Hall–Kier alpha value is -3.00. The van der Waals surface area contributed by atoms with Gasteiger partial charge in [-0.3, -0.25) is 4.79 Å². The number of esters is 1. The summed E-state index contributed by atoms with van der Waals surface area (Å²) in [5.41, 5.74) is 5.74. The van der Waals surface area contributed by atoms with Crippen LogP contribution >= 0.6 is 11.8 Å². The van der Waals surface area contributed by atoms with Gasteiger partial charge in [0.05, 0.1) is 5.56 Å². The topological polar surface area (TPSA) is 111 Å². The summed E-state index contributed by atoms with van der Waals surface area (Å²) < 4.78 is 4.97. The molecule has 8 heteroatoms. The van der Waals surface area contributed by atoms with Gasteiger partial charge in [-0.1, -0.05) is 18.2 Å². The van der Waals surface area contributed by atoms with Crippen LogP contribution in [0, 0.1) is 0 Å². The molecule has 0 spiro atoms. The zero-order valence-corrected chi connectivity index (χ0v) is 15.5. The van der Waals surface area contributed by atoms with Crippen LogP contribution in [0.5, 0.6) is 0 Å². The lowest BCUT2D eigenvalue weighted by Crippen LogP contribution is -2.29. The molecule has 0 atom stereocenters. The molecule has 2 rings (SSSR count). The van der Waals surface area contributed by atoms with E-state index in [1.165, 1.54) is 29.2 Å². The lowest BCUT2D eigenvalue weighted by Gasteiger charge is -2.07. The Kier molecular flexibility index (Phi) is 8.18. The van der Waals surface area contributed by atoms with E-state index in [1.54, 1.807) is 11.8 Å². The van der Waals surface area contributed by atoms with E-state index in [4.69, 9.17) is 10.5 Å². The number of rotatable bonds is 9. The molecule has 0 saturated heterocycles. The molecule has 142 valence electrons. The number of thioether (sulfide) groups is 1. The molecular formula is C19H21N3O4S. The van der Waals surface area contributed by atoms with Crippen molar-refractivity contribution >= 4 is 35.4 Å². The molecule has 0 heterocycles. The summed E-state index contributed by atoms with van der Waals surface area (Å²) in [6.45, 7) is 0.176. The number of hydrogen-bond acceptors (Lipinski definition) is 5. The largest absolute Gasteiger partial charge is 0.452 e. The van der Waals surface area contributed by atoms with Crippen LogP contribution in [-0.2, 0) is 9.53 Å². The number of benzene rings is 2. The number of amides is 3. The molecule has 3 amide bonds. The highest BCUT2D eigenvalue weighted by Crippen LogP contribution is 2.17. The van der Waals surface area contributed by atoms with Gasteiger partial charge in [-0.05, 0) is 48.6 Å². The fourth-order valence-corrected chi connectivity index (χ4v) is 2.98. The normalized spacial score (nSPS) is 10.1. The average Bonchev–Trinajstić information content (AvgIpc) is 2.67. The van der Waals surface area contributed by atoms with E-state index >= 15 is 0 Å². The van der Waals surface area contributed by atoms with E-state index < -0.39 is 12.0 Å². The first-order chi connectivity index (χ1) is 13.0. The first-order valence-electron chi connectivity index (χ1n) is 8.33. The summed E-state index contributed by atoms with van der Waals surface area (Å²) >= 11 is 1.72. The first kappa shape index (κ1) is 20.3. The van der Waals surface area contributed by atoms with E-state index in [2.05, 4.69) is 10.6 Å². The molecule has 0 aromatic heterocycles. The van der Waals surface area contributed by atoms with Crippen LogP contribution in [-0.4, -0.2) is 36.8 Å². The van der Waals surface area contributed by atoms with E-state index in [-0.39, 0.29) is 18.1 Å². The third-order valence-electron chi connectivity index (χ3n) is 3.38. The van der Waals surface area contributed by atoms with Crippen LogP contribution in [0.15, 0.2) is 59.5 Å². The van der Waals surface area contributed by atoms with E-state index in [0.717, 1.165) is 12.2 Å². The van der Waals surface area contributed by atoms with Crippen molar-refractivity contribution in [2.24, 2.45) is 5.73 Å². The quantitative estimate of drug-likeness (QED) is 0.348. The van der Waals surface area contributed by atoms with Gasteiger partial charge in [-0.15, -0.1) is 11.8 Å². The fourth-order valence-electron chi connectivity index (χ4n) is 2.10. The maximum atomic E-state index is 11.9. The van der Waals surface area contributed by atoms with Gasteiger partial charge in [-0.2, -0.15) is 0 Å². The molecule has 0 aliphatic heterocycles. The molecule has 0 saturated carbocycles. The maximum absolute atomic E-state index is 11.9. The van der Waals surface area contributed by atoms with Gasteiger partial charge in [0.15, 0.2) is 6.61 Å². The second-order valence-electron chi connectivity index (χ2n) is 5.51. The van der Waals surface area contributed by atoms with Crippen molar-refractivity contribution in [2.45, 2.75) is 11.3 Å². The number of primary amides is 1. The second kappa shape index (κ2) is 10.9. The summed E-state index contributed by atoms with van der Waals surface area (Å²) in [4.78, 5) is 35.6. The fraction of sp³-hybridized carbons (Fsp3) is 0.211. The predicted molar refractivity (Wildman–Crippen MR) is 105 cm³/mol. The van der Waals surface area contributed by atoms with Crippen LogP contribution in [0.2, 0.25) is 0 Å². The molecule has 0 unspecified atom stereocenters. The molecule has 0 fully saturated rings. The van der Waals surface area contributed by atoms with Crippen LogP contribution in [0.1, 0.15) is 16.8 Å². The number of carbonyl (C=O) groups is 3. The number of anilines is 1. The van der Waals surface area contributed by atoms with Gasteiger partial charge in [0, 0.05) is 17.1 Å². The Morgan fingerprint density at radius 3 is 2.37 bits per heavy atom. The molecule has 4 N–H and O–H groups in total. The lowest BCUT2D eigenvalue weighted by molar-refractivity contribution is -0.124. The zero-order valence-electron chi connectivity index (χ0n) is 14.6. The molecule has 0 bridgehead atoms. The number of ether oxygens (including phenoxy) is 1. The van der Waals surface area contributed by atoms with E-state index in [9.17, 15) is 14.4 Å². The summed E-state index contributed by atoms with van der Waals surface area (Å²) in [6, 6.07) is 15.3. The monoisotopic (exact) mass is 387 g/mol. The molecule has 2 aromatic carbocycles. The molecule has 27 heavy (non-hydrogen) atoms. The molecule has 2 aromatic rings. The van der Waals surface area contributed by atoms with Crippen LogP contribution in [0.4, 0.5) is 10.5 Å². The molecule has 0 aliphatic carbocycles. The second-order valence-corrected chi connectivity index (χ2v) is 6.68. The van der Waals surface area contributed by atoms with Crippen LogP contribution in [0.3, 0.4) is 0 Å². The van der Waals surface area contributed by atoms with Gasteiger partial charge in [0.1, 0.15) is 0 Å². The Balaban J connectivity index is 1.61. The Morgan fingerprint density at radius 1 is 1.00 bits per heavy atom. The predicted octanol–water partition coefficient (Wildman–Crippen LogP) is 2.63. The third-order valence-corrected chi connectivity index (χ3v) is 4.48. The number of hydrogen-bond donors (Lipinski definition) is 3. The minimum absolute atomic E-state index is 0.275. The van der Waals surface area contributed by atoms with Crippen molar-refractivity contribution in [3.05, 3.63) is 60.2 Å². The van der Waals surface area contributed by atoms with Gasteiger partial charge >= 0.3 is 12.0 Å². The maximum Gasteiger partial charge on any atom is 0.338 e. The highest BCUT2D eigenvalue weighted by molar-refractivity contribution is 7.99. The van der Waals surface area contributed by atoms with E-state index in [0.29, 0.717) is 12.2 Å². The van der Waals surface area contributed by atoms with Crippen molar-refractivity contribution in [1.82, 2.24) is 5.32 Å². The van der Waals surface area contributed by atoms with Crippen molar-refractivity contribution in [3.8, 4) is 0 Å². The summed E-state index contributed by atoms with van der Waals surface area (Å²) in [6.07, 6.45) is 0.813. The first-order valence-corrected chi connectivity index (χ1v) is 9.31. The Labute approximate surface area is 161 Å². The number of urea groups is 1. The van der Waals surface area contributed by atoms with Crippen molar-refractivity contribution < 1.29 is 19.1 Å². The average molecular weight is 387 g/mol. The SMILES string of the molecule is NC(=O)Nc1ccc(C(=O)OCC(=O)NCCCSc2ccccc2)cc1. The van der Waals surface area contributed by atoms with Gasteiger partial charge < -0.3 is 21.1 Å². The van der Waals surface area contributed by atoms with Crippen LogP contribution < -0.4 is 16.4 Å². The highest BCUT2D eigenvalue weighted by Gasteiger charge is 2.10. The molecule has 7 nitrogen and oxygen atoms in total. The highest BCUT2D eigenvalue weighted by atomic mass is 32.2. The zero-order chi connectivity index (χ0) is 19.5. The van der Waals surface area contributed by atoms with Crippen molar-refractivity contribution in [3.63, 3.8) is 0 Å². The van der Waals surface area contributed by atoms with Gasteiger partial charge in [-0.25, -0.2) is 9.59 Å². The Morgan fingerprint density at radius 2 is 1.70 bits per heavy atom. The van der Waals surface area contributed by atoms with Gasteiger partial charge in [0.25, 0.3) is 5.91 Å². The number of nitrogens with one attached hydrogen (secondary N) is 2. The summed E-state index contributed by atoms with van der Waals surface area (Å²) in [5.74, 6) is -0.0778.